The molecule has 6 nitrogen and oxygen atoms in total. The van der Waals surface area contributed by atoms with Crippen molar-refractivity contribution in [2.24, 2.45) is 16.5 Å². The number of hydrogen-bond acceptors (Lipinski definition) is 3. The molecule has 0 radical (unpaired) electrons. The largest absolute Gasteiger partial charge is 0.369 e. The molecule has 1 fully saturated rings. The van der Waals surface area contributed by atoms with Gasteiger partial charge in [-0.25, -0.2) is 9.79 Å². The number of carbonyl (C=O) groups is 1. The molecule has 74 valence electrons. The van der Waals surface area contributed by atoms with Crippen LogP contribution in [0.4, 0.5) is 4.79 Å². The molecule has 1 heterocycles. The lowest BCUT2D eigenvalue weighted by Crippen LogP contribution is -2.42. The predicted molar refractivity (Wildman–Crippen MR) is 47.9 cm³/mol. The van der Waals surface area contributed by atoms with E-state index in [-0.39, 0.29) is 5.96 Å². The fourth-order valence-corrected chi connectivity index (χ4v) is 1.26. The Bertz CT molecular complexity index is 233. The van der Waals surface area contributed by atoms with Crippen LogP contribution in [0.5, 0.6) is 0 Å². The maximum absolute atomic E-state index is 10.4. The zero-order chi connectivity index (χ0) is 9.90. The molecule has 1 saturated heterocycles. The molecule has 1 rings (SSSR count). The van der Waals surface area contributed by atoms with Crippen LogP contribution in [0, 0.1) is 0 Å². The van der Waals surface area contributed by atoms with Crippen molar-refractivity contribution in [2.45, 2.75) is 25.5 Å². The van der Waals surface area contributed by atoms with E-state index in [0.29, 0.717) is 6.61 Å². The van der Waals surface area contributed by atoms with E-state index in [1.165, 1.54) is 0 Å². The van der Waals surface area contributed by atoms with E-state index in [0.717, 1.165) is 12.8 Å². The summed E-state index contributed by atoms with van der Waals surface area (Å²) in [5.41, 5.74) is 9.65. The van der Waals surface area contributed by atoms with Crippen LogP contribution in [0.3, 0.4) is 0 Å². The van der Waals surface area contributed by atoms with Gasteiger partial charge in [-0.15, -0.1) is 0 Å². The van der Waals surface area contributed by atoms with E-state index < -0.39 is 11.8 Å². The number of aliphatic imine (C=N–C) groups is 1. The van der Waals surface area contributed by atoms with Crippen LogP contribution < -0.4 is 16.8 Å². The normalized spacial score (nSPS) is 28.8. The van der Waals surface area contributed by atoms with Gasteiger partial charge in [0.1, 0.15) is 0 Å². The monoisotopic (exact) mass is 186 g/mol. The predicted octanol–water partition coefficient (Wildman–Crippen LogP) is -0.504. The number of nitrogens with two attached hydrogens (primary N) is 2. The Balaban J connectivity index is 2.57. The third kappa shape index (κ3) is 2.90. The minimum Gasteiger partial charge on any atom is -0.369 e. The molecule has 13 heavy (non-hydrogen) atoms. The Kier molecular flexibility index (Phi) is 2.72. The second kappa shape index (κ2) is 3.61. The number of urea groups is 1. The fraction of sp³-hybridized carbons (Fsp3) is 0.714. The van der Waals surface area contributed by atoms with Crippen molar-refractivity contribution in [3.05, 3.63) is 0 Å². The van der Waals surface area contributed by atoms with Crippen LogP contribution >= 0.6 is 0 Å². The van der Waals surface area contributed by atoms with Gasteiger partial charge in [0.15, 0.2) is 11.7 Å². The van der Waals surface area contributed by atoms with E-state index in [2.05, 4.69) is 10.3 Å². The first-order valence-electron chi connectivity index (χ1n) is 4.08. The van der Waals surface area contributed by atoms with Gasteiger partial charge in [0.05, 0.1) is 0 Å². The summed E-state index contributed by atoms with van der Waals surface area (Å²) in [6.07, 6.45) is 1.75. The second-order valence-corrected chi connectivity index (χ2v) is 3.11. The van der Waals surface area contributed by atoms with E-state index >= 15 is 0 Å². The maximum Gasteiger partial charge on any atom is 0.318 e. The molecule has 1 atom stereocenters. The quantitative estimate of drug-likeness (QED) is 0.379. The first-order valence-corrected chi connectivity index (χ1v) is 4.08. The number of nitrogens with zero attached hydrogens (tertiary/aromatic N) is 1. The Hall–Kier alpha value is -1.30. The highest BCUT2D eigenvalue weighted by Crippen LogP contribution is 2.25. The molecule has 1 unspecified atom stereocenters. The molecule has 0 aromatic carbocycles. The van der Waals surface area contributed by atoms with Crippen LogP contribution in [0.2, 0.25) is 0 Å². The summed E-state index contributed by atoms with van der Waals surface area (Å²) in [7, 11) is 0. The summed E-state index contributed by atoms with van der Waals surface area (Å²) in [5.74, 6) is -0.00287. The molecule has 6 heteroatoms. The maximum atomic E-state index is 10.4. The molecule has 0 aromatic rings. The van der Waals surface area contributed by atoms with E-state index in [1.54, 1.807) is 0 Å². The molecule has 0 spiro atoms. The van der Waals surface area contributed by atoms with E-state index in [4.69, 9.17) is 16.2 Å². The van der Waals surface area contributed by atoms with Gasteiger partial charge >= 0.3 is 6.03 Å². The summed E-state index contributed by atoms with van der Waals surface area (Å²) < 4.78 is 5.33. The molecule has 0 bridgehead atoms. The van der Waals surface area contributed by atoms with Gasteiger partial charge in [0.2, 0.25) is 0 Å². The zero-order valence-corrected chi connectivity index (χ0v) is 7.54. The van der Waals surface area contributed by atoms with Crippen molar-refractivity contribution in [3.63, 3.8) is 0 Å². The number of primary amides is 1. The topological polar surface area (TPSA) is 103 Å². The SMILES string of the molecule is CC1(/N=C(\N)NC(N)=O)CCCO1. The smallest absolute Gasteiger partial charge is 0.318 e. The number of amides is 2. The van der Waals surface area contributed by atoms with Gasteiger partial charge in [-0.1, -0.05) is 0 Å². The van der Waals surface area contributed by atoms with Gasteiger partial charge in [-0.2, -0.15) is 0 Å². The number of rotatable bonds is 1. The number of nitrogens with one attached hydrogen (secondary N) is 1. The summed E-state index contributed by atoms with van der Waals surface area (Å²) >= 11 is 0. The average Bonchev–Trinajstić information content (AvgIpc) is 2.33. The Morgan fingerprint density at radius 2 is 2.31 bits per heavy atom. The molecule has 0 saturated carbocycles. The highest BCUT2D eigenvalue weighted by Gasteiger charge is 2.29. The van der Waals surface area contributed by atoms with Crippen LogP contribution in [0.25, 0.3) is 0 Å². The third-order valence-corrected chi connectivity index (χ3v) is 1.81. The number of guanidine groups is 1. The summed E-state index contributed by atoms with van der Waals surface area (Å²) in [4.78, 5) is 14.4. The Labute approximate surface area is 76.3 Å². The second-order valence-electron chi connectivity index (χ2n) is 3.11. The average molecular weight is 186 g/mol. The van der Waals surface area contributed by atoms with Gasteiger partial charge in [0, 0.05) is 6.61 Å². The number of hydrogen-bond donors (Lipinski definition) is 3. The molecular weight excluding hydrogens is 172 g/mol. The van der Waals surface area contributed by atoms with Crippen molar-refractivity contribution in [1.29, 1.82) is 0 Å². The number of carbonyl (C=O) groups excluding carboxylic acids is 1. The summed E-state index contributed by atoms with van der Waals surface area (Å²) in [6, 6.07) is -0.720. The van der Waals surface area contributed by atoms with Crippen molar-refractivity contribution in [1.82, 2.24) is 5.32 Å². The highest BCUT2D eigenvalue weighted by molar-refractivity contribution is 5.94. The van der Waals surface area contributed by atoms with Crippen molar-refractivity contribution >= 4 is 12.0 Å². The lowest BCUT2D eigenvalue weighted by molar-refractivity contribution is 0.0280. The molecule has 1 aliphatic rings. The minimum absolute atomic E-state index is 0.00287. The molecular formula is C7H14N4O2. The van der Waals surface area contributed by atoms with Crippen molar-refractivity contribution < 1.29 is 9.53 Å². The Morgan fingerprint density at radius 3 is 2.77 bits per heavy atom. The van der Waals surface area contributed by atoms with E-state index in [1.807, 2.05) is 6.92 Å². The van der Waals surface area contributed by atoms with Gasteiger partial charge < -0.3 is 16.2 Å². The Morgan fingerprint density at radius 1 is 1.62 bits per heavy atom. The minimum atomic E-state index is -0.720. The van der Waals surface area contributed by atoms with Crippen LogP contribution in [-0.2, 0) is 4.74 Å². The van der Waals surface area contributed by atoms with Gasteiger partial charge in [-0.3, -0.25) is 5.32 Å². The lowest BCUT2D eigenvalue weighted by atomic mass is 10.2. The first kappa shape index (κ1) is 9.79. The fourth-order valence-electron chi connectivity index (χ4n) is 1.26. The highest BCUT2D eigenvalue weighted by atomic mass is 16.5. The molecule has 2 amide bonds. The molecule has 0 aliphatic carbocycles. The van der Waals surface area contributed by atoms with Crippen LogP contribution in [0.15, 0.2) is 4.99 Å². The van der Waals surface area contributed by atoms with Crippen LogP contribution in [-0.4, -0.2) is 24.3 Å². The number of ether oxygens (including phenoxy) is 1. The van der Waals surface area contributed by atoms with Gasteiger partial charge in [0.25, 0.3) is 0 Å². The summed E-state index contributed by atoms with van der Waals surface area (Å²) in [5, 5.41) is 2.18. The zero-order valence-electron chi connectivity index (χ0n) is 7.54. The molecule has 5 N–H and O–H groups in total. The van der Waals surface area contributed by atoms with E-state index in [9.17, 15) is 4.79 Å². The summed E-state index contributed by atoms with van der Waals surface area (Å²) in [6.45, 7) is 2.49. The lowest BCUT2D eigenvalue weighted by Gasteiger charge is -2.18. The third-order valence-electron chi connectivity index (χ3n) is 1.81. The van der Waals surface area contributed by atoms with Crippen LogP contribution in [0.1, 0.15) is 19.8 Å². The molecule has 1 aliphatic heterocycles. The first-order chi connectivity index (χ1) is 6.02. The van der Waals surface area contributed by atoms with Gasteiger partial charge in [-0.05, 0) is 19.8 Å². The molecule has 0 aromatic heterocycles. The van der Waals surface area contributed by atoms with Crippen molar-refractivity contribution in [2.75, 3.05) is 6.61 Å². The standard InChI is InChI=1S/C7H14N4O2/c1-7(3-2-4-13-7)11-5(8)10-6(9)12/h2-4H2,1H3,(H5,8,9,10,11,12). The van der Waals surface area contributed by atoms with Crippen molar-refractivity contribution in [3.8, 4) is 0 Å².